The topological polar surface area (TPSA) is 128 Å². The van der Waals surface area contributed by atoms with Gasteiger partial charge in [0.15, 0.2) is 18.7 Å². The van der Waals surface area contributed by atoms with Crippen molar-refractivity contribution in [3.63, 3.8) is 0 Å². The van der Waals surface area contributed by atoms with Crippen LogP contribution in [0, 0.1) is 0 Å². The van der Waals surface area contributed by atoms with Gasteiger partial charge in [-0.05, 0) is 24.0 Å². The van der Waals surface area contributed by atoms with Gasteiger partial charge in [0.2, 0.25) is 5.91 Å². The fraction of sp³-hybridized carbons (Fsp3) is 0.636. The molecule has 67 heavy (non-hydrogen) atoms. The van der Waals surface area contributed by atoms with Gasteiger partial charge < -0.3 is 24.3 Å². The van der Waals surface area contributed by atoms with Crippen molar-refractivity contribution in [1.29, 1.82) is 0 Å². The van der Waals surface area contributed by atoms with E-state index < -0.39 is 50.7 Å². The smallest absolute Gasteiger partial charge is 0.457 e. The lowest BCUT2D eigenvalue weighted by Gasteiger charge is -2.49. The quantitative estimate of drug-likeness (QED) is 0.0346. The van der Waals surface area contributed by atoms with Gasteiger partial charge in [0.05, 0.1) is 19.8 Å². The summed E-state index contributed by atoms with van der Waals surface area (Å²) in [6.45, 7) is 4.38. The van der Waals surface area contributed by atoms with Crippen molar-refractivity contribution >= 4 is 19.7 Å². The van der Waals surface area contributed by atoms with Gasteiger partial charge in [0, 0.05) is 18.4 Å². The molecular formula is C55H82NO10P. The zero-order valence-corrected chi connectivity index (χ0v) is 41.6. The molecule has 0 radical (unpaired) electrons. The first-order valence-electron chi connectivity index (χ1n) is 26.0. The largest absolute Gasteiger partial charge is 0.477 e. The van der Waals surface area contributed by atoms with Crippen molar-refractivity contribution in [3.8, 4) is 0 Å². The maximum absolute atomic E-state index is 14.9. The number of fused-ring (bicyclic) bond motifs is 1. The van der Waals surface area contributed by atoms with Crippen LogP contribution >= 0.6 is 7.82 Å². The molecule has 3 aromatic rings. The number of phosphoric acid groups is 1. The molecule has 0 bridgehead atoms. The number of hydrogen-bond donors (Lipinski definition) is 1. The third kappa shape index (κ3) is 21.0. The van der Waals surface area contributed by atoms with Crippen LogP contribution in [0.3, 0.4) is 0 Å². The van der Waals surface area contributed by atoms with Crippen molar-refractivity contribution in [2.24, 2.45) is 0 Å². The van der Waals surface area contributed by atoms with Crippen LogP contribution in [0.15, 0.2) is 91.0 Å². The Hall–Kier alpha value is -3.41. The van der Waals surface area contributed by atoms with Gasteiger partial charge >= 0.3 is 13.8 Å². The molecule has 11 nitrogen and oxygen atoms in total. The lowest BCUT2D eigenvalue weighted by Crippen LogP contribution is -2.67. The monoisotopic (exact) mass is 948 g/mol. The van der Waals surface area contributed by atoms with Crippen molar-refractivity contribution in [1.82, 2.24) is 5.32 Å². The molecule has 1 unspecified atom stereocenters. The minimum atomic E-state index is -4.45. The van der Waals surface area contributed by atoms with E-state index in [1.165, 1.54) is 89.9 Å². The van der Waals surface area contributed by atoms with E-state index in [-0.39, 0.29) is 38.6 Å². The van der Waals surface area contributed by atoms with E-state index in [2.05, 4.69) is 19.2 Å². The zero-order chi connectivity index (χ0) is 47.2. The van der Waals surface area contributed by atoms with Crippen LogP contribution in [0.2, 0.25) is 0 Å². The molecule has 372 valence electrons. The predicted molar refractivity (Wildman–Crippen MR) is 264 cm³/mol. The molecule has 5 rings (SSSR count). The molecule has 1 amide bonds. The minimum absolute atomic E-state index is 0.0518. The van der Waals surface area contributed by atoms with E-state index in [9.17, 15) is 14.2 Å². The Morgan fingerprint density at radius 3 is 1.52 bits per heavy atom. The van der Waals surface area contributed by atoms with Crippen molar-refractivity contribution < 1.29 is 46.7 Å². The molecule has 2 aliphatic heterocycles. The van der Waals surface area contributed by atoms with Crippen molar-refractivity contribution in [3.05, 3.63) is 108 Å². The molecular weight excluding hydrogens is 866 g/mol. The first kappa shape index (κ1) is 54.5. The van der Waals surface area contributed by atoms with Gasteiger partial charge in [-0.15, -0.1) is 0 Å². The number of amides is 1. The number of hydrogen-bond acceptors (Lipinski definition) is 10. The Morgan fingerprint density at radius 2 is 1.03 bits per heavy atom. The standard InChI is InChI=1S/C55H82NO10P/c1-3-5-7-9-11-13-15-17-19-21-32-40-49(57)56-51-53(64-50(58)41-33-22-20-18-16-14-12-10-8-6-4-2)52-48(44-60-54(65-52)47-38-30-25-31-39-47)63-55(51)66-67(59,61-42-45-34-26-23-27-35-45)62-43-46-36-28-24-29-37-46/h23-31,34-39,48,51-55H,3-22,32-33,40-44H2,1-2H3,(H,56,57)/t48-,51-,52-,53-,54?,55-/m1/s1. The normalized spacial score (nSPS) is 20.6. The van der Waals surface area contributed by atoms with E-state index in [0.29, 0.717) is 12.8 Å². The lowest BCUT2D eigenvalue weighted by atomic mass is 9.95. The third-order valence-electron chi connectivity index (χ3n) is 12.7. The summed E-state index contributed by atoms with van der Waals surface area (Å²) < 4.78 is 59.1. The Morgan fingerprint density at radius 1 is 0.582 bits per heavy atom. The predicted octanol–water partition coefficient (Wildman–Crippen LogP) is 14.2. The summed E-state index contributed by atoms with van der Waals surface area (Å²) in [5.41, 5.74) is 2.30. The van der Waals surface area contributed by atoms with Crippen LogP contribution in [0.1, 0.15) is 191 Å². The second-order valence-corrected chi connectivity index (χ2v) is 20.0. The van der Waals surface area contributed by atoms with Gasteiger partial charge in [-0.3, -0.25) is 23.2 Å². The number of rotatable bonds is 35. The number of benzene rings is 3. The second kappa shape index (κ2) is 32.4. The SMILES string of the molecule is CCCCCCCCCCCCCC(=O)N[C@H]1[C@@H](OP(=O)(OCc2ccccc2)OCc2ccccc2)O[C@@H]2COC(c3ccccc3)O[C@H]2[C@@H]1OC(=O)CCCCCCCCCCCCC. The molecule has 0 saturated carbocycles. The number of phosphoric ester groups is 1. The van der Waals surface area contributed by atoms with E-state index in [4.69, 9.17) is 32.5 Å². The number of ether oxygens (including phenoxy) is 4. The highest BCUT2D eigenvalue weighted by molar-refractivity contribution is 7.48. The van der Waals surface area contributed by atoms with E-state index in [1.54, 1.807) is 0 Å². The number of unbranched alkanes of at least 4 members (excludes halogenated alkanes) is 20. The molecule has 2 fully saturated rings. The number of nitrogens with one attached hydrogen (secondary N) is 1. The van der Waals surface area contributed by atoms with Crippen LogP contribution in [0.4, 0.5) is 0 Å². The van der Waals surface area contributed by atoms with Crippen molar-refractivity contribution in [2.45, 2.75) is 218 Å². The Balaban J connectivity index is 1.31. The highest BCUT2D eigenvalue weighted by Crippen LogP contribution is 2.54. The Kier molecular flexibility index (Phi) is 26.4. The van der Waals surface area contributed by atoms with Gasteiger partial charge in [-0.25, -0.2) is 4.57 Å². The summed E-state index contributed by atoms with van der Waals surface area (Å²) >= 11 is 0. The molecule has 12 heteroatoms. The second-order valence-electron chi connectivity index (χ2n) is 18.4. The summed E-state index contributed by atoms with van der Waals surface area (Å²) in [5, 5.41) is 3.11. The molecule has 0 aliphatic carbocycles. The minimum Gasteiger partial charge on any atom is -0.457 e. The van der Waals surface area contributed by atoms with Gasteiger partial charge in [-0.2, -0.15) is 0 Å². The fourth-order valence-corrected chi connectivity index (χ4v) is 10.0. The summed E-state index contributed by atoms with van der Waals surface area (Å²) in [4.78, 5) is 27.9. The van der Waals surface area contributed by atoms with Gasteiger partial charge in [0.1, 0.15) is 18.2 Å². The maximum Gasteiger partial charge on any atom is 0.477 e. The van der Waals surface area contributed by atoms with Crippen LogP contribution < -0.4 is 5.32 Å². The Bertz CT molecular complexity index is 1750. The molecule has 2 saturated heterocycles. The molecule has 0 aromatic heterocycles. The number of carbonyl (C=O) groups excluding carboxylic acids is 2. The Labute approximate surface area is 402 Å². The molecule has 2 aliphatic rings. The molecule has 0 spiro atoms. The average Bonchev–Trinajstić information content (AvgIpc) is 3.35. The summed E-state index contributed by atoms with van der Waals surface area (Å²) in [5.74, 6) is -0.681. The number of carbonyl (C=O) groups is 2. The van der Waals surface area contributed by atoms with E-state index in [0.717, 1.165) is 55.2 Å². The molecule has 3 aromatic carbocycles. The maximum atomic E-state index is 14.9. The first-order valence-corrected chi connectivity index (χ1v) is 27.4. The first-order chi connectivity index (χ1) is 32.9. The van der Waals surface area contributed by atoms with Crippen LogP contribution in [0.5, 0.6) is 0 Å². The van der Waals surface area contributed by atoms with Gasteiger partial charge in [-0.1, -0.05) is 233 Å². The van der Waals surface area contributed by atoms with Crippen LogP contribution in [-0.2, 0) is 59.9 Å². The van der Waals surface area contributed by atoms with E-state index in [1.807, 2.05) is 91.0 Å². The van der Waals surface area contributed by atoms with E-state index >= 15 is 0 Å². The lowest BCUT2D eigenvalue weighted by molar-refractivity contribution is -0.336. The fourth-order valence-electron chi connectivity index (χ4n) is 8.77. The highest BCUT2D eigenvalue weighted by Gasteiger charge is 2.55. The van der Waals surface area contributed by atoms with Crippen molar-refractivity contribution in [2.75, 3.05) is 6.61 Å². The third-order valence-corrected chi connectivity index (χ3v) is 14.1. The summed E-state index contributed by atoms with van der Waals surface area (Å²) in [6.07, 6.45) is 20.9. The number of esters is 1. The summed E-state index contributed by atoms with van der Waals surface area (Å²) in [7, 11) is -4.45. The van der Waals surface area contributed by atoms with Crippen LogP contribution in [0.25, 0.3) is 0 Å². The summed E-state index contributed by atoms with van der Waals surface area (Å²) in [6, 6.07) is 27.0. The average molecular weight is 948 g/mol. The highest BCUT2D eigenvalue weighted by atomic mass is 31.2. The van der Waals surface area contributed by atoms with Gasteiger partial charge in [0.25, 0.3) is 0 Å². The zero-order valence-electron chi connectivity index (χ0n) is 40.7. The van der Waals surface area contributed by atoms with Crippen LogP contribution in [-0.4, -0.2) is 49.1 Å². The molecule has 1 N–H and O–H groups in total. The molecule has 2 heterocycles. The molecule has 6 atom stereocenters.